The number of fused-ring (bicyclic) bond motifs is 1. The van der Waals surface area contributed by atoms with Crippen LogP contribution in [-0.4, -0.2) is 48.2 Å². The average Bonchev–Trinajstić information content (AvgIpc) is 3.30. The number of aromatic nitrogens is 2. The number of benzene rings is 2. The molecule has 0 spiro atoms. The Hall–Kier alpha value is -3.04. The maximum Gasteiger partial charge on any atom is 0.229 e. The van der Waals surface area contributed by atoms with E-state index in [1.807, 2.05) is 37.3 Å². The van der Waals surface area contributed by atoms with Gasteiger partial charge < -0.3 is 15.5 Å². The van der Waals surface area contributed by atoms with Gasteiger partial charge in [-0.15, -0.1) is 0 Å². The first-order valence-corrected chi connectivity index (χ1v) is 15.2. The molecule has 1 atom stereocenters. The molecular weight excluding hydrogens is 513 g/mol. The highest BCUT2D eigenvalue weighted by molar-refractivity contribution is 7.93. The number of nitrogens with zero attached hydrogens (tertiary/aromatic N) is 3. The molecule has 0 radical (unpaired) electrons. The van der Waals surface area contributed by atoms with Gasteiger partial charge in [-0.1, -0.05) is 12.1 Å². The van der Waals surface area contributed by atoms with Gasteiger partial charge in [-0.25, -0.2) is 17.8 Å². The number of nitrogens with one attached hydrogen (secondary N) is 2. The van der Waals surface area contributed by atoms with E-state index in [0.29, 0.717) is 23.9 Å². The molecule has 1 saturated heterocycles. The maximum absolute atomic E-state index is 15.0. The molecule has 0 saturated carbocycles. The highest BCUT2D eigenvalue weighted by atomic mass is 32.2. The van der Waals surface area contributed by atoms with Gasteiger partial charge in [0, 0.05) is 23.1 Å². The second kappa shape index (κ2) is 10.5. The van der Waals surface area contributed by atoms with Crippen LogP contribution in [0, 0.1) is 12.7 Å². The summed E-state index contributed by atoms with van der Waals surface area (Å²) in [6.45, 7) is 9.14. The van der Waals surface area contributed by atoms with E-state index < -0.39 is 19.8 Å². The van der Waals surface area contributed by atoms with E-state index in [1.165, 1.54) is 6.07 Å². The summed E-state index contributed by atoms with van der Waals surface area (Å²) in [5.74, 6) is 0.984. The SMILES string of the molecule is Cc1cnc(Nc2ccc(C3CCN(C)CC3)c(F)c2)nc1Nc1ccc2c(c1)C(S(=O)(=O)C(C)(C)C)CC2. The van der Waals surface area contributed by atoms with Gasteiger partial charge >= 0.3 is 0 Å². The Labute approximate surface area is 231 Å². The number of hydrogen-bond donors (Lipinski definition) is 2. The molecule has 9 heteroatoms. The molecule has 0 bridgehead atoms. The monoisotopic (exact) mass is 551 g/mol. The summed E-state index contributed by atoms with van der Waals surface area (Å²) >= 11 is 0. The molecule has 2 aliphatic rings. The molecular formula is C30H38FN5O2S. The summed E-state index contributed by atoms with van der Waals surface area (Å²) < 4.78 is 40.6. The predicted molar refractivity (Wildman–Crippen MR) is 155 cm³/mol. The van der Waals surface area contributed by atoms with Gasteiger partial charge in [0.25, 0.3) is 0 Å². The number of sulfone groups is 1. The fourth-order valence-corrected chi connectivity index (χ4v) is 7.38. The van der Waals surface area contributed by atoms with Crippen LogP contribution >= 0.6 is 0 Å². The van der Waals surface area contributed by atoms with E-state index in [0.717, 1.165) is 60.3 Å². The van der Waals surface area contributed by atoms with Crippen LogP contribution in [0.25, 0.3) is 0 Å². The topological polar surface area (TPSA) is 87.2 Å². The van der Waals surface area contributed by atoms with E-state index in [-0.39, 0.29) is 11.7 Å². The van der Waals surface area contributed by atoms with Crippen LogP contribution in [0.2, 0.25) is 0 Å². The minimum atomic E-state index is -3.34. The van der Waals surface area contributed by atoms with Crippen molar-refractivity contribution in [3.05, 3.63) is 70.7 Å². The normalized spacial score (nSPS) is 18.7. The van der Waals surface area contributed by atoms with Crippen LogP contribution in [0.4, 0.5) is 27.5 Å². The minimum absolute atomic E-state index is 0.210. The highest BCUT2D eigenvalue weighted by Crippen LogP contribution is 2.43. The molecule has 1 aliphatic carbocycles. The first-order valence-electron chi connectivity index (χ1n) is 13.6. The Morgan fingerprint density at radius 3 is 2.36 bits per heavy atom. The Balaban J connectivity index is 1.34. The summed E-state index contributed by atoms with van der Waals surface area (Å²) in [5.41, 5.74) is 4.90. The quantitative estimate of drug-likeness (QED) is 0.365. The van der Waals surface area contributed by atoms with Crippen molar-refractivity contribution in [1.82, 2.24) is 14.9 Å². The second-order valence-electron chi connectivity index (χ2n) is 11.9. The van der Waals surface area contributed by atoms with Crippen LogP contribution in [-0.2, 0) is 16.3 Å². The maximum atomic E-state index is 15.0. The number of anilines is 4. The molecule has 0 amide bonds. The van der Waals surface area contributed by atoms with E-state index in [1.54, 1.807) is 27.0 Å². The molecule has 2 heterocycles. The third-order valence-electron chi connectivity index (χ3n) is 8.05. The smallest absolute Gasteiger partial charge is 0.229 e. The zero-order valence-corrected chi connectivity index (χ0v) is 24.2. The molecule has 2 N–H and O–H groups in total. The van der Waals surface area contributed by atoms with Crippen molar-refractivity contribution in [3.8, 4) is 0 Å². The summed E-state index contributed by atoms with van der Waals surface area (Å²) in [5, 5.41) is 5.96. The molecule has 1 aliphatic heterocycles. The van der Waals surface area contributed by atoms with Crippen molar-refractivity contribution in [2.45, 2.75) is 69.3 Å². The lowest BCUT2D eigenvalue weighted by Gasteiger charge is -2.29. The van der Waals surface area contributed by atoms with Gasteiger partial charge in [0.05, 0.1) is 10.00 Å². The first kappa shape index (κ1) is 27.5. The minimum Gasteiger partial charge on any atom is -0.340 e. The summed E-state index contributed by atoms with van der Waals surface area (Å²) in [7, 11) is -1.24. The number of likely N-dealkylation sites (tertiary alicyclic amines) is 1. The van der Waals surface area contributed by atoms with Gasteiger partial charge in [0.15, 0.2) is 9.84 Å². The van der Waals surface area contributed by atoms with Crippen molar-refractivity contribution < 1.29 is 12.8 Å². The van der Waals surface area contributed by atoms with Crippen molar-refractivity contribution in [2.24, 2.45) is 0 Å². The molecule has 3 aromatic rings. The van der Waals surface area contributed by atoms with Crippen LogP contribution < -0.4 is 10.6 Å². The van der Waals surface area contributed by atoms with Gasteiger partial charge in [-0.05, 0) is 120 Å². The second-order valence-corrected chi connectivity index (χ2v) is 14.8. The highest BCUT2D eigenvalue weighted by Gasteiger charge is 2.41. The van der Waals surface area contributed by atoms with Crippen LogP contribution in [0.15, 0.2) is 42.6 Å². The van der Waals surface area contributed by atoms with Crippen molar-refractivity contribution in [1.29, 1.82) is 0 Å². The van der Waals surface area contributed by atoms with Crippen LogP contribution in [0.1, 0.15) is 73.5 Å². The van der Waals surface area contributed by atoms with E-state index >= 15 is 4.39 Å². The molecule has 1 unspecified atom stereocenters. The molecule has 208 valence electrons. The van der Waals surface area contributed by atoms with Crippen molar-refractivity contribution in [2.75, 3.05) is 30.8 Å². The zero-order chi connectivity index (χ0) is 27.9. The van der Waals surface area contributed by atoms with Gasteiger partial charge in [-0.3, -0.25) is 0 Å². The lowest BCUT2D eigenvalue weighted by Crippen LogP contribution is -2.32. The molecule has 5 rings (SSSR count). The number of hydrogen-bond acceptors (Lipinski definition) is 7. The Kier molecular flexibility index (Phi) is 7.41. The van der Waals surface area contributed by atoms with Crippen LogP contribution in [0.5, 0.6) is 0 Å². The number of piperidine rings is 1. The third kappa shape index (κ3) is 5.65. The molecule has 39 heavy (non-hydrogen) atoms. The lowest BCUT2D eigenvalue weighted by atomic mass is 9.89. The number of rotatable bonds is 6. The molecule has 2 aromatic carbocycles. The summed E-state index contributed by atoms with van der Waals surface area (Å²) in [6.07, 6.45) is 4.99. The van der Waals surface area contributed by atoms with Crippen molar-refractivity contribution >= 4 is 33.0 Å². The largest absolute Gasteiger partial charge is 0.340 e. The number of aryl methyl sites for hydroxylation is 2. The van der Waals surface area contributed by atoms with Gasteiger partial charge in [-0.2, -0.15) is 4.98 Å². The summed E-state index contributed by atoms with van der Waals surface area (Å²) in [6, 6.07) is 11.1. The Morgan fingerprint density at radius 1 is 0.974 bits per heavy atom. The predicted octanol–water partition coefficient (Wildman–Crippen LogP) is 6.42. The molecule has 1 aromatic heterocycles. The van der Waals surface area contributed by atoms with Gasteiger partial charge in [0.2, 0.25) is 5.95 Å². The fourth-order valence-electron chi connectivity index (χ4n) is 5.54. The van der Waals surface area contributed by atoms with E-state index in [9.17, 15) is 8.42 Å². The zero-order valence-electron chi connectivity index (χ0n) is 23.4. The Bertz CT molecular complexity index is 1480. The van der Waals surface area contributed by atoms with E-state index in [2.05, 4.69) is 32.5 Å². The fraction of sp³-hybridized carbons (Fsp3) is 0.467. The lowest BCUT2D eigenvalue weighted by molar-refractivity contribution is 0.253. The van der Waals surface area contributed by atoms with Gasteiger partial charge in [0.1, 0.15) is 11.6 Å². The van der Waals surface area contributed by atoms with E-state index in [4.69, 9.17) is 0 Å². The standard InChI is InChI=1S/C30H38FN5O2S/c1-19-18-32-29(34-23-9-10-24(26(31)17-23)21-12-14-36(5)15-13-21)35-28(19)33-22-8-6-20-7-11-27(25(20)16-22)39(37,38)30(2,3)4/h6,8-10,16-18,21,27H,7,11-15H2,1-5H3,(H2,32,33,34,35). The summed E-state index contributed by atoms with van der Waals surface area (Å²) in [4.78, 5) is 11.3. The third-order valence-corrected chi connectivity index (χ3v) is 11.0. The molecule has 1 fully saturated rings. The van der Waals surface area contributed by atoms with Crippen LogP contribution in [0.3, 0.4) is 0 Å². The molecule has 7 nitrogen and oxygen atoms in total. The average molecular weight is 552 g/mol. The first-order chi connectivity index (χ1) is 18.4. The Morgan fingerprint density at radius 2 is 1.67 bits per heavy atom. The number of halogens is 1. The van der Waals surface area contributed by atoms with Crippen molar-refractivity contribution in [3.63, 3.8) is 0 Å².